The third kappa shape index (κ3) is 2.63. The average molecular weight is 276 g/mol. The van der Waals surface area contributed by atoms with Crippen LogP contribution in [0.3, 0.4) is 0 Å². The SMILES string of the molecule is COc1ncc(Cl)c(NC2CC2c2ccccc2)n1. The first-order valence-corrected chi connectivity index (χ1v) is 6.53. The van der Waals surface area contributed by atoms with Crippen molar-refractivity contribution in [1.29, 1.82) is 0 Å². The number of nitrogens with zero attached hydrogens (tertiary/aromatic N) is 2. The number of benzene rings is 1. The summed E-state index contributed by atoms with van der Waals surface area (Å²) in [7, 11) is 1.54. The number of rotatable bonds is 4. The van der Waals surface area contributed by atoms with E-state index < -0.39 is 0 Å². The molecule has 5 heteroatoms. The van der Waals surface area contributed by atoms with Crippen molar-refractivity contribution in [1.82, 2.24) is 9.97 Å². The van der Waals surface area contributed by atoms with Crippen LogP contribution >= 0.6 is 11.6 Å². The molecular weight excluding hydrogens is 262 g/mol. The van der Waals surface area contributed by atoms with Crippen molar-refractivity contribution in [2.24, 2.45) is 0 Å². The van der Waals surface area contributed by atoms with Gasteiger partial charge in [-0.25, -0.2) is 4.98 Å². The topological polar surface area (TPSA) is 47.0 Å². The summed E-state index contributed by atoms with van der Waals surface area (Å²) in [5, 5.41) is 3.86. The van der Waals surface area contributed by atoms with Gasteiger partial charge in [-0.3, -0.25) is 0 Å². The van der Waals surface area contributed by atoms with E-state index in [1.807, 2.05) is 6.07 Å². The van der Waals surface area contributed by atoms with Crippen LogP contribution in [0.1, 0.15) is 17.9 Å². The van der Waals surface area contributed by atoms with Crippen molar-refractivity contribution in [3.05, 3.63) is 47.1 Å². The maximum Gasteiger partial charge on any atom is 0.318 e. The number of halogens is 1. The van der Waals surface area contributed by atoms with Crippen molar-refractivity contribution in [2.45, 2.75) is 18.4 Å². The van der Waals surface area contributed by atoms with Crippen LogP contribution in [0.2, 0.25) is 5.02 Å². The van der Waals surface area contributed by atoms with Crippen molar-refractivity contribution >= 4 is 17.4 Å². The molecule has 2 atom stereocenters. The Kier molecular flexibility index (Phi) is 3.25. The van der Waals surface area contributed by atoms with E-state index in [0.29, 0.717) is 28.8 Å². The highest BCUT2D eigenvalue weighted by atomic mass is 35.5. The van der Waals surface area contributed by atoms with E-state index in [2.05, 4.69) is 39.6 Å². The minimum absolute atomic E-state index is 0.323. The lowest BCUT2D eigenvalue weighted by Crippen LogP contribution is -2.07. The number of methoxy groups -OCH3 is 1. The van der Waals surface area contributed by atoms with E-state index in [1.54, 1.807) is 6.20 Å². The van der Waals surface area contributed by atoms with Crippen molar-refractivity contribution in [3.63, 3.8) is 0 Å². The standard InChI is InChI=1S/C14H14ClN3O/c1-19-14-16-8-11(15)13(18-14)17-12-7-10(12)9-5-3-2-4-6-9/h2-6,8,10,12H,7H2,1H3,(H,16,17,18). The third-order valence-electron chi connectivity index (χ3n) is 3.24. The van der Waals surface area contributed by atoms with Crippen molar-refractivity contribution in [2.75, 3.05) is 12.4 Å². The molecule has 19 heavy (non-hydrogen) atoms. The van der Waals surface area contributed by atoms with Crippen LogP contribution in [-0.4, -0.2) is 23.1 Å². The van der Waals surface area contributed by atoms with Crippen LogP contribution in [0, 0.1) is 0 Å². The van der Waals surface area contributed by atoms with E-state index in [4.69, 9.17) is 16.3 Å². The molecule has 0 saturated heterocycles. The smallest absolute Gasteiger partial charge is 0.318 e. The monoisotopic (exact) mass is 275 g/mol. The molecular formula is C14H14ClN3O. The highest BCUT2D eigenvalue weighted by Crippen LogP contribution is 2.43. The van der Waals surface area contributed by atoms with Crippen LogP contribution in [0.25, 0.3) is 0 Å². The number of hydrogen-bond donors (Lipinski definition) is 1. The molecule has 2 unspecified atom stereocenters. The first-order valence-electron chi connectivity index (χ1n) is 6.16. The average Bonchev–Trinajstić information content (AvgIpc) is 3.21. The lowest BCUT2D eigenvalue weighted by atomic mass is 10.1. The first kappa shape index (κ1) is 12.2. The summed E-state index contributed by atoms with van der Waals surface area (Å²) in [6.07, 6.45) is 2.64. The molecule has 1 aromatic carbocycles. The lowest BCUT2D eigenvalue weighted by Gasteiger charge is -2.08. The largest absolute Gasteiger partial charge is 0.467 e. The fourth-order valence-corrected chi connectivity index (χ4v) is 2.29. The Morgan fingerprint density at radius 1 is 1.32 bits per heavy atom. The van der Waals surface area contributed by atoms with Crippen LogP contribution in [-0.2, 0) is 0 Å². The van der Waals surface area contributed by atoms with E-state index in [-0.39, 0.29) is 0 Å². The Bertz CT molecular complexity index is 576. The Balaban J connectivity index is 1.71. The van der Waals surface area contributed by atoms with Gasteiger partial charge in [0.05, 0.1) is 13.3 Å². The molecule has 1 heterocycles. The molecule has 2 aromatic rings. The van der Waals surface area contributed by atoms with E-state index in [0.717, 1.165) is 6.42 Å². The van der Waals surface area contributed by atoms with Crippen LogP contribution < -0.4 is 10.1 Å². The Morgan fingerprint density at radius 3 is 2.84 bits per heavy atom. The second kappa shape index (κ2) is 5.05. The van der Waals surface area contributed by atoms with E-state index in [1.165, 1.54) is 12.7 Å². The number of aromatic nitrogens is 2. The number of anilines is 1. The molecule has 1 saturated carbocycles. The van der Waals surface area contributed by atoms with Crippen molar-refractivity contribution in [3.8, 4) is 6.01 Å². The molecule has 0 amide bonds. The summed E-state index contributed by atoms with van der Waals surface area (Å²) >= 11 is 6.08. The molecule has 1 aliphatic rings. The summed E-state index contributed by atoms with van der Waals surface area (Å²) < 4.78 is 5.00. The fraction of sp³-hybridized carbons (Fsp3) is 0.286. The molecule has 0 radical (unpaired) electrons. The van der Waals surface area contributed by atoms with Gasteiger partial charge in [-0.15, -0.1) is 0 Å². The predicted molar refractivity (Wildman–Crippen MR) is 74.8 cm³/mol. The Hall–Kier alpha value is -1.81. The summed E-state index contributed by atoms with van der Waals surface area (Å²) in [4.78, 5) is 8.18. The molecule has 0 bridgehead atoms. The van der Waals surface area contributed by atoms with Gasteiger partial charge in [0, 0.05) is 12.0 Å². The number of nitrogens with one attached hydrogen (secondary N) is 1. The number of hydrogen-bond acceptors (Lipinski definition) is 4. The Labute approximate surface area is 116 Å². The van der Waals surface area contributed by atoms with E-state index in [9.17, 15) is 0 Å². The van der Waals surface area contributed by atoms with E-state index >= 15 is 0 Å². The van der Waals surface area contributed by atoms with Gasteiger partial charge in [-0.1, -0.05) is 41.9 Å². The summed E-state index contributed by atoms with van der Waals surface area (Å²) in [6.45, 7) is 0. The molecule has 0 spiro atoms. The molecule has 0 aliphatic heterocycles. The second-order valence-corrected chi connectivity index (χ2v) is 4.96. The van der Waals surface area contributed by atoms with Crippen LogP contribution in [0.15, 0.2) is 36.5 Å². The van der Waals surface area contributed by atoms with Gasteiger partial charge in [0.15, 0.2) is 5.82 Å². The molecule has 1 aliphatic carbocycles. The number of ether oxygens (including phenoxy) is 1. The lowest BCUT2D eigenvalue weighted by molar-refractivity contribution is 0.380. The molecule has 1 N–H and O–H groups in total. The summed E-state index contributed by atoms with van der Waals surface area (Å²) in [5.41, 5.74) is 1.34. The second-order valence-electron chi connectivity index (χ2n) is 4.56. The van der Waals surface area contributed by atoms with Crippen LogP contribution in [0.4, 0.5) is 5.82 Å². The highest BCUT2D eigenvalue weighted by molar-refractivity contribution is 6.32. The first-order chi connectivity index (χ1) is 9.28. The maximum atomic E-state index is 6.08. The minimum Gasteiger partial charge on any atom is -0.467 e. The zero-order valence-electron chi connectivity index (χ0n) is 10.5. The third-order valence-corrected chi connectivity index (χ3v) is 3.52. The molecule has 4 nitrogen and oxygen atoms in total. The zero-order chi connectivity index (χ0) is 13.2. The zero-order valence-corrected chi connectivity index (χ0v) is 11.3. The Morgan fingerprint density at radius 2 is 2.11 bits per heavy atom. The fourth-order valence-electron chi connectivity index (χ4n) is 2.15. The summed E-state index contributed by atoms with van der Waals surface area (Å²) in [5.74, 6) is 1.16. The quantitative estimate of drug-likeness (QED) is 0.931. The van der Waals surface area contributed by atoms with Gasteiger partial charge in [0.2, 0.25) is 0 Å². The molecule has 1 aromatic heterocycles. The minimum atomic E-state index is 0.323. The molecule has 1 fully saturated rings. The molecule has 3 rings (SSSR count). The normalized spacial score (nSPS) is 20.9. The van der Waals surface area contributed by atoms with Crippen LogP contribution in [0.5, 0.6) is 6.01 Å². The molecule has 98 valence electrons. The van der Waals surface area contributed by atoms with Gasteiger partial charge in [0.1, 0.15) is 5.02 Å². The highest BCUT2D eigenvalue weighted by Gasteiger charge is 2.38. The van der Waals surface area contributed by atoms with Gasteiger partial charge in [-0.2, -0.15) is 4.98 Å². The maximum absolute atomic E-state index is 6.08. The van der Waals surface area contributed by atoms with Gasteiger partial charge >= 0.3 is 6.01 Å². The van der Waals surface area contributed by atoms with Gasteiger partial charge < -0.3 is 10.1 Å². The van der Waals surface area contributed by atoms with Crippen molar-refractivity contribution < 1.29 is 4.74 Å². The summed E-state index contributed by atoms with van der Waals surface area (Å²) in [6, 6.07) is 11.1. The predicted octanol–water partition coefficient (Wildman–Crippen LogP) is 3.11. The van der Waals surface area contributed by atoms with Gasteiger partial charge in [-0.05, 0) is 12.0 Å². The van der Waals surface area contributed by atoms with Gasteiger partial charge in [0.25, 0.3) is 0 Å².